The van der Waals surface area contributed by atoms with Gasteiger partial charge in [0.05, 0.1) is 0 Å². The predicted octanol–water partition coefficient (Wildman–Crippen LogP) is 2.69. The third-order valence-corrected chi connectivity index (χ3v) is 0.632. The molecule has 0 spiro atoms. The lowest BCUT2D eigenvalue weighted by molar-refractivity contribution is 0.428. The molecular formula is C8H16. The summed E-state index contributed by atoms with van der Waals surface area (Å²) in [5, 5.41) is 0. The summed E-state index contributed by atoms with van der Waals surface area (Å²) >= 11 is 0. The molecule has 0 amide bonds. The zero-order valence-electron chi connectivity index (χ0n) is 5.28. The Kier molecular flexibility index (Phi) is 4.67. The minimum absolute atomic E-state index is 0. The van der Waals surface area contributed by atoms with Crippen molar-refractivity contribution in [1.82, 2.24) is 0 Å². The fourth-order valence-corrected chi connectivity index (χ4v) is 0.306. The van der Waals surface area contributed by atoms with Crippen molar-refractivity contribution in [2.45, 2.75) is 34.6 Å². The first kappa shape index (κ1) is 10.5. The van der Waals surface area contributed by atoms with Gasteiger partial charge in [0.15, 0.2) is 0 Å². The smallest absolute Gasteiger partial charge is 0.0135 e. The molecule has 0 aliphatic carbocycles. The lowest BCUT2D eigenvalue weighted by Gasteiger charge is -2.11. The molecular weight excluding hydrogens is 96.1 g/mol. The second kappa shape index (κ2) is 3.55. The monoisotopic (exact) mass is 112 g/mol. The molecule has 0 nitrogen and oxygen atoms in total. The minimum Gasteiger partial charge on any atom is -0.120 e. The van der Waals surface area contributed by atoms with Crippen molar-refractivity contribution in [3.8, 4) is 12.3 Å². The molecule has 0 heteroatoms. The average molecular weight is 112 g/mol. The average Bonchev–Trinajstić information content (AvgIpc) is 1.30. The minimum atomic E-state index is 0. The zero-order chi connectivity index (χ0) is 5.91. The maximum atomic E-state index is 5.06. The third-order valence-electron chi connectivity index (χ3n) is 0.632. The Labute approximate surface area is 53.3 Å². The molecule has 0 aromatic carbocycles. The van der Waals surface area contributed by atoms with Crippen molar-refractivity contribution in [2.75, 3.05) is 0 Å². The molecule has 0 heterocycles. The zero-order valence-corrected chi connectivity index (χ0v) is 5.28. The van der Waals surface area contributed by atoms with Gasteiger partial charge in [-0.3, -0.25) is 0 Å². The Morgan fingerprint density at radius 3 is 1.75 bits per heavy atom. The molecule has 0 radical (unpaired) electrons. The van der Waals surface area contributed by atoms with E-state index in [1.54, 1.807) is 0 Å². The molecule has 0 aromatic heterocycles. The van der Waals surface area contributed by atoms with E-state index in [1.807, 2.05) is 0 Å². The van der Waals surface area contributed by atoms with E-state index >= 15 is 0 Å². The highest BCUT2D eigenvalue weighted by Gasteiger charge is 2.05. The maximum Gasteiger partial charge on any atom is 0.0135 e. The number of rotatable bonds is 0. The first-order valence-electron chi connectivity index (χ1n) is 2.50. The normalized spacial score (nSPS) is 9.25. The van der Waals surface area contributed by atoms with Crippen LogP contribution in [0.1, 0.15) is 34.6 Å². The summed E-state index contributed by atoms with van der Waals surface area (Å²) in [6.45, 7) is 6.40. The van der Waals surface area contributed by atoms with Gasteiger partial charge in [-0.1, -0.05) is 28.2 Å². The van der Waals surface area contributed by atoms with E-state index in [1.165, 1.54) is 0 Å². The largest absolute Gasteiger partial charge is 0.120 e. The van der Waals surface area contributed by atoms with E-state index in [2.05, 4.69) is 26.7 Å². The highest BCUT2D eigenvalue weighted by molar-refractivity contribution is 4.88. The van der Waals surface area contributed by atoms with Crippen molar-refractivity contribution in [3.63, 3.8) is 0 Å². The number of hydrogen-bond acceptors (Lipinski definition) is 0. The van der Waals surface area contributed by atoms with E-state index in [0.717, 1.165) is 6.42 Å². The summed E-state index contributed by atoms with van der Waals surface area (Å²) in [5.41, 5.74) is 0.314. The van der Waals surface area contributed by atoms with Gasteiger partial charge in [-0.25, -0.2) is 0 Å². The third kappa shape index (κ3) is 9.12. The number of terminal acetylenes is 1. The van der Waals surface area contributed by atoms with Crippen LogP contribution in [0.15, 0.2) is 0 Å². The Morgan fingerprint density at radius 1 is 1.38 bits per heavy atom. The molecule has 0 aliphatic rings. The molecule has 0 unspecified atom stereocenters. The molecule has 0 atom stereocenters. The van der Waals surface area contributed by atoms with Crippen molar-refractivity contribution >= 4 is 0 Å². The van der Waals surface area contributed by atoms with Crippen molar-refractivity contribution in [2.24, 2.45) is 5.41 Å². The molecule has 0 fully saturated rings. The van der Waals surface area contributed by atoms with Crippen LogP contribution >= 0.6 is 0 Å². The van der Waals surface area contributed by atoms with E-state index in [4.69, 9.17) is 6.42 Å². The fraction of sp³-hybridized carbons (Fsp3) is 0.750. The van der Waals surface area contributed by atoms with E-state index in [0.29, 0.717) is 5.41 Å². The molecule has 0 aromatic rings. The van der Waals surface area contributed by atoms with Crippen molar-refractivity contribution in [1.29, 1.82) is 0 Å². The van der Waals surface area contributed by atoms with Crippen molar-refractivity contribution in [3.05, 3.63) is 0 Å². The summed E-state index contributed by atoms with van der Waals surface area (Å²) in [6, 6.07) is 0. The molecule has 0 saturated heterocycles. The van der Waals surface area contributed by atoms with Crippen LogP contribution < -0.4 is 0 Å². The van der Waals surface area contributed by atoms with Crippen LogP contribution in [0.5, 0.6) is 0 Å². The summed E-state index contributed by atoms with van der Waals surface area (Å²) in [7, 11) is 0. The molecule has 48 valence electrons. The highest BCUT2D eigenvalue weighted by atomic mass is 14.1. The van der Waals surface area contributed by atoms with Gasteiger partial charge in [-0.15, -0.1) is 12.3 Å². The lowest BCUT2D eigenvalue weighted by atomic mass is 9.93. The predicted molar refractivity (Wildman–Crippen MR) is 39.6 cm³/mol. The summed E-state index contributed by atoms with van der Waals surface area (Å²) < 4.78 is 0. The Balaban J connectivity index is 0. The summed E-state index contributed by atoms with van der Waals surface area (Å²) in [5.74, 6) is 2.61. The van der Waals surface area contributed by atoms with Crippen LogP contribution in [0.25, 0.3) is 0 Å². The second-order valence-corrected chi connectivity index (χ2v) is 2.94. The van der Waals surface area contributed by atoms with Gasteiger partial charge in [0.25, 0.3) is 0 Å². The quantitative estimate of drug-likeness (QED) is 0.423. The van der Waals surface area contributed by atoms with E-state index < -0.39 is 0 Å². The summed E-state index contributed by atoms with van der Waals surface area (Å²) in [4.78, 5) is 0. The van der Waals surface area contributed by atoms with Gasteiger partial charge in [0.1, 0.15) is 0 Å². The first-order chi connectivity index (χ1) is 3.06. The Hall–Kier alpha value is -0.440. The molecule has 0 N–H and O–H groups in total. The first-order valence-corrected chi connectivity index (χ1v) is 2.50. The standard InChI is InChI=1S/C7H12.CH4/c1-5-6-7(2,3)4;/h1H,6H2,2-4H3;1H4. The molecule has 0 saturated carbocycles. The van der Waals surface area contributed by atoms with Gasteiger partial charge in [0, 0.05) is 6.42 Å². The van der Waals surface area contributed by atoms with Gasteiger partial charge in [0.2, 0.25) is 0 Å². The van der Waals surface area contributed by atoms with Crippen LogP contribution in [0, 0.1) is 17.8 Å². The maximum absolute atomic E-state index is 5.06. The van der Waals surface area contributed by atoms with E-state index in [-0.39, 0.29) is 7.43 Å². The van der Waals surface area contributed by atoms with Crippen LogP contribution in [-0.2, 0) is 0 Å². The summed E-state index contributed by atoms with van der Waals surface area (Å²) in [6.07, 6.45) is 5.93. The van der Waals surface area contributed by atoms with Gasteiger partial charge >= 0.3 is 0 Å². The SMILES string of the molecule is C.C#CCC(C)(C)C. The van der Waals surface area contributed by atoms with Crippen LogP contribution in [0.2, 0.25) is 0 Å². The van der Waals surface area contributed by atoms with Gasteiger partial charge in [-0.05, 0) is 5.41 Å². The fourth-order valence-electron chi connectivity index (χ4n) is 0.306. The topological polar surface area (TPSA) is 0 Å². The lowest BCUT2D eigenvalue weighted by Crippen LogP contribution is -2.01. The molecule has 0 bridgehead atoms. The Bertz CT molecular complexity index is 77.2. The van der Waals surface area contributed by atoms with Crippen molar-refractivity contribution < 1.29 is 0 Å². The molecule has 0 aliphatic heterocycles. The van der Waals surface area contributed by atoms with Crippen LogP contribution in [0.3, 0.4) is 0 Å². The van der Waals surface area contributed by atoms with Gasteiger partial charge < -0.3 is 0 Å². The van der Waals surface area contributed by atoms with E-state index in [9.17, 15) is 0 Å². The number of hydrogen-bond donors (Lipinski definition) is 0. The highest BCUT2D eigenvalue weighted by Crippen LogP contribution is 2.16. The van der Waals surface area contributed by atoms with Crippen LogP contribution in [0.4, 0.5) is 0 Å². The molecule has 8 heavy (non-hydrogen) atoms. The molecule has 0 rings (SSSR count). The van der Waals surface area contributed by atoms with Crippen LogP contribution in [-0.4, -0.2) is 0 Å². The van der Waals surface area contributed by atoms with Gasteiger partial charge in [-0.2, -0.15) is 0 Å². The Morgan fingerprint density at radius 2 is 1.75 bits per heavy atom. The second-order valence-electron chi connectivity index (χ2n) is 2.94.